The monoisotopic (exact) mass is 347 g/mol. The number of ether oxygens (including phenoxy) is 1. The number of rotatable bonds is 6. The summed E-state index contributed by atoms with van der Waals surface area (Å²) in [4.78, 5) is 12.4. The highest BCUT2D eigenvalue weighted by Gasteiger charge is 2.16. The number of amides is 1. The first-order chi connectivity index (χ1) is 11.4. The van der Waals surface area contributed by atoms with Gasteiger partial charge in [0, 0.05) is 17.0 Å². The van der Waals surface area contributed by atoms with Gasteiger partial charge in [-0.15, -0.1) is 11.8 Å². The lowest BCUT2D eigenvalue weighted by Gasteiger charge is -2.16. The molecule has 1 N–H and O–H groups in total. The predicted octanol–water partition coefficient (Wildman–Crippen LogP) is 4.71. The number of aryl methyl sites for hydroxylation is 2. The van der Waals surface area contributed by atoms with Crippen molar-refractivity contribution in [3.63, 3.8) is 0 Å². The lowest BCUT2D eigenvalue weighted by atomic mass is 10.1. The molecule has 2 rings (SSSR count). The topological polar surface area (TPSA) is 38.3 Å². The highest BCUT2D eigenvalue weighted by atomic mass is 32.2. The maximum Gasteiger partial charge on any atom is 0.237 e. The third-order valence-corrected chi connectivity index (χ3v) is 5.02. The Bertz CT molecular complexity index is 713. The van der Waals surface area contributed by atoms with E-state index in [1.165, 1.54) is 23.9 Å². The third-order valence-electron chi connectivity index (χ3n) is 3.83. The van der Waals surface area contributed by atoms with Crippen LogP contribution in [0.15, 0.2) is 36.4 Å². The molecule has 0 bridgehead atoms. The largest absolute Gasteiger partial charge is 0.496 e. The minimum absolute atomic E-state index is 0.0623. The second-order valence-corrected chi connectivity index (χ2v) is 6.99. The van der Waals surface area contributed by atoms with E-state index >= 15 is 0 Å². The summed E-state index contributed by atoms with van der Waals surface area (Å²) in [6, 6.07) is 10.3. The first-order valence-corrected chi connectivity index (χ1v) is 8.78. The van der Waals surface area contributed by atoms with Crippen LogP contribution in [-0.2, 0) is 10.5 Å². The molecule has 0 heterocycles. The summed E-state index contributed by atoms with van der Waals surface area (Å²) in [7, 11) is 1.55. The molecule has 24 heavy (non-hydrogen) atoms. The van der Waals surface area contributed by atoms with E-state index in [-0.39, 0.29) is 17.0 Å². The standard InChI is InChI=1S/C19H22FNO2S/c1-12-6-5-7-13(2)18(12)21-19(22)14(3)24-11-15-10-16(20)8-9-17(15)23-4/h5-10,14H,11H2,1-4H3,(H,21,22). The van der Waals surface area contributed by atoms with Crippen LogP contribution in [0.4, 0.5) is 10.1 Å². The van der Waals surface area contributed by atoms with Crippen LogP contribution in [0.3, 0.4) is 0 Å². The van der Waals surface area contributed by atoms with Gasteiger partial charge in [0.2, 0.25) is 5.91 Å². The first-order valence-electron chi connectivity index (χ1n) is 7.73. The maximum atomic E-state index is 13.4. The van der Waals surface area contributed by atoms with E-state index < -0.39 is 0 Å². The quantitative estimate of drug-likeness (QED) is 0.822. The van der Waals surface area contributed by atoms with Crippen LogP contribution >= 0.6 is 11.8 Å². The Morgan fingerprint density at radius 1 is 1.25 bits per heavy atom. The van der Waals surface area contributed by atoms with Crippen molar-refractivity contribution in [2.24, 2.45) is 0 Å². The number of hydrogen-bond donors (Lipinski definition) is 1. The van der Waals surface area contributed by atoms with Crippen molar-refractivity contribution in [1.82, 2.24) is 0 Å². The molecule has 3 nitrogen and oxygen atoms in total. The molecule has 0 spiro atoms. The van der Waals surface area contributed by atoms with Gasteiger partial charge in [0.1, 0.15) is 11.6 Å². The van der Waals surface area contributed by atoms with Crippen LogP contribution in [0.1, 0.15) is 23.6 Å². The van der Waals surface area contributed by atoms with Gasteiger partial charge in [0.25, 0.3) is 0 Å². The van der Waals surface area contributed by atoms with Gasteiger partial charge in [0.15, 0.2) is 0 Å². The predicted molar refractivity (Wildman–Crippen MR) is 98.3 cm³/mol. The fourth-order valence-electron chi connectivity index (χ4n) is 2.39. The number of para-hydroxylation sites is 1. The summed E-state index contributed by atoms with van der Waals surface area (Å²) in [6.45, 7) is 5.79. The molecule has 128 valence electrons. The van der Waals surface area contributed by atoms with E-state index in [9.17, 15) is 9.18 Å². The molecule has 2 aromatic rings. The van der Waals surface area contributed by atoms with Crippen molar-refractivity contribution in [3.05, 3.63) is 58.9 Å². The average Bonchev–Trinajstić information content (AvgIpc) is 2.56. The Morgan fingerprint density at radius 2 is 1.92 bits per heavy atom. The number of thioether (sulfide) groups is 1. The first kappa shape index (κ1) is 18.3. The van der Waals surface area contributed by atoms with Gasteiger partial charge < -0.3 is 10.1 Å². The number of halogens is 1. The Balaban J connectivity index is 2.01. The van der Waals surface area contributed by atoms with E-state index in [0.717, 1.165) is 22.4 Å². The zero-order chi connectivity index (χ0) is 17.7. The summed E-state index contributed by atoms with van der Waals surface area (Å²) >= 11 is 1.45. The molecule has 1 amide bonds. The van der Waals surface area contributed by atoms with Crippen LogP contribution < -0.4 is 10.1 Å². The Kier molecular flexibility index (Phi) is 6.26. The molecule has 0 fully saturated rings. The molecular formula is C19H22FNO2S. The van der Waals surface area contributed by atoms with Gasteiger partial charge in [0.05, 0.1) is 12.4 Å². The van der Waals surface area contributed by atoms with E-state index in [1.807, 2.05) is 39.0 Å². The molecule has 0 aliphatic carbocycles. The third kappa shape index (κ3) is 4.51. The highest BCUT2D eigenvalue weighted by Crippen LogP contribution is 2.27. The zero-order valence-electron chi connectivity index (χ0n) is 14.4. The summed E-state index contributed by atoms with van der Waals surface area (Å²) in [5.41, 5.74) is 3.67. The highest BCUT2D eigenvalue weighted by molar-refractivity contribution is 7.99. The molecule has 1 atom stereocenters. The van der Waals surface area contributed by atoms with Crippen LogP contribution in [0, 0.1) is 19.7 Å². The minimum atomic E-state index is -0.306. The Morgan fingerprint density at radius 3 is 2.54 bits per heavy atom. The fourth-order valence-corrected chi connectivity index (χ4v) is 3.25. The molecule has 0 saturated carbocycles. The van der Waals surface area contributed by atoms with Crippen LogP contribution in [0.25, 0.3) is 0 Å². The van der Waals surface area contributed by atoms with Crippen molar-refractivity contribution in [2.75, 3.05) is 12.4 Å². The number of methoxy groups -OCH3 is 1. The molecule has 0 saturated heterocycles. The lowest BCUT2D eigenvalue weighted by Crippen LogP contribution is -2.23. The van der Waals surface area contributed by atoms with Crippen molar-refractivity contribution in [1.29, 1.82) is 0 Å². The average molecular weight is 347 g/mol. The molecule has 0 aliphatic heterocycles. The van der Waals surface area contributed by atoms with E-state index in [4.69, 9.17) is 4.74 Å². The molecule has 0 aromatic heterocycles. The number of benzene rings is 2. The van der Waals surface area contributed by atoms with E-state index in [2.05, 4.69) is 5.32 Å². The number of nitrogens with one attached hydrogen (secondary N) is 1. The van der Waals surface area contributed by atoms with Crippen molar-refractivity contribution >= 4 is 23.4 Å². The Hall–Kier alpha value is -2.01. The van der Waals surface area contributed by atoms with Crippen molar-refractivity contribution < 1.29 is 13.9 Å². The number of carbonyl (C=O) groups is 1. The van der Waals surface area contributed by atoms with Crippen molar-refractivity contribution in [3.8, 4) is 5.75 Å². The van der Waals surface area contributed by atoms with Crippen LogP contribution in [-0.4, -0.2) is 18.3 Å². The zero-order valence-corrected chi connectivity index (χ0v) is 15.2. The molecule has 0 aliphatic rings. The minimum Gasteiger partial charge on any atom is -0.496 e. The molecular weight excluding hydrogens is 325 g/mol. The van der Waals surface area contributed by atoms with Gasteiger partial charge in [-0.05, 0) is 50.1 Å². The van der Waals surface area contributed by atoms with Crippen LogP contribution in [0.5, 0.6) is 5.75 Å². The smallest absolute Gasteiger partial charge is 0.237 e. The van der Waals surface area contributed by atoms with Gasteiger partial charge in [-0.25, -0.2) is 4.39 Å². The summed E-state index contributed by atoms with van der Waals surface area (Å²) in [6.07, 6.45) is 0. The van der Waals surface area contributed by atoms with Crippen molar-refractivity contribution in [2.45, 2.75) is 31.8 Å². The van der Waals surface area contributed by atoms with Gasteiger partial charge in [-0.1, -0.05) is 18.2 Å². The van der Waals surface area contributed by atoms with E-state index in [0.29, 0.717) is 11.5 Å². The normalized spacial score (nSPS) is 11.9. The van der Waals surface area contributed by atoms with Gasteiger partial charge >= 0.3 is 0 Å². The SMILES string of the molecule is COc1ccc(F)cc1CSC(C)C(=O)Nc1c(C)cccc1C. The Labute approximate surface area is 146 Å². The second-order valence-electron chi connectivity index (χ2n) is 5.67. The fraction of sp³-hybridized carbons (Fsp3) is 0.316. The van der Waals surface area contributed by atoms with Gasteiger partial charge in [-0.2, -0.15) is 0 Å². The summed E-state index contributed by atoms with van der Waals surface area (Å²) < 4.78 is 18.6. The summed E-state index contributed by atoms with van der Waals surface area (Å²) in [5.74, 6) is 0.764. The lowest BCUT2D eigenvalue weighted by molar-refractivity contribution is -0.115. The molecule has 0 radical (unpaired) electrons. The number of carbonyl (C=O) groups excluding carboxylic acids is 1. The van der Waals surface area contributed by atoms with Crippen LogP contribution in [0.2, 0.25) is 0 Å². The number of anilines is 1. The molecule has 2 aromatic carbocycles. The second kappa shape index (κ2) is 8.20. The molecule has 5 heteroatoms. The van der Waals surface area contributed by atoms with Gasteiger partial charge in [-0.3, -0.25) is 4.79 Å². The maximum absolute atomic E-state index is 13.4. The van der Waals surface area contributed by atoms with E-state index in [1.54, 1.807) is 13.2 Å². The molecule has 1 unspecified atom stereocenters. The number of hydrogen-bond acceptors (Lipinski definition) is 3. The summed E-state index contributed by atoms with van der Waals surface area (Å²) in [5, 5.41) is 2.72.